The molecule has 1 aliphatic heterocycles. The zero-order valence-corrected chi connectivity index (χ0v) is 14.4. The second kappa shape index (κ2) is 9.50. The third-order valence-corrected chi connectivity index (χ3v) is 4.16. The van der Waals surface area contributed by atoms with Gasteiger partial charge in [0.1, 0.15) is 5.82 Å². The summed E-state index contributed by atoms with van der Waals surface area (Å²) in [6, 6.07) is 5.16. The molecule has 0 unspecified atom stereocenters. The molecule has 128 valence electrons. The van der Waals surface area contributed by atoms with E-state index in [2.05, 4.69) is 27.4 Å². The second-order valence-corrected chi connectivity index (χ2v) is 6.11. The van der Waals surface area contributed by atoms with Gasteiger partial charge in [0.2, 0.25) is 0 Å². The molecule has 0 atom stereocenters. The number of halogens is 1. The van der Waals surface area contributed by atoms with Crippen molar-refractivity contribution in [2.75, 3.05) is 32.7 Å². The maximum Gasteiger partial charge on any atom is 0.191 e. The highest BCUT2D eigenvalue weighted by molar-refractivity contribution is 5.79. The fourth-order valence-electron chi connectivity index (χ4n) is 2.83. The third-order valence-electron chi connectivity index (χ3n) is 4.16. The van der Waals surface area contributed by atoms with Crippen LogP contribution in [0.4, 0.5) is 4.39 Å². The lowest BCUT2D eigenvalue weighted by Gasteiger charge is -2.26. The molecule has 1 aromatic carbocycles. The van der Waals surface area contributed by atoms with Crippen LogP contribution in [0.5, 0.6) is 0 Å². The van der Waals surface area contributed by atoms with Crippen LogP contribution >= 0.6 is 0 Å². The lowest BCUT2D eigenvalue weighted by atomic mass is 10.1. The topological polar surface area (TPSA) is 39.7 Å². The standard InChI is InChI=1S/C18H29FN4/c1-3-20-18(21-9-12-23-10-5-4-6-11-23)22-14-16-7-8-17(19)15(2)13-16/h7-8,13H,3-6,9-12,14H2,1-2H3,(H2,20,21,22). The van der Waals surface area contributed by atoms with Crippen molar-refractivity contribution in [3.63, 3.8) is 0 Å². The summed E-state index contributed by atoms with van der Waals surface area (Å²) in [5.41, 5.74) is 1.69. The molecule has 1 saturated heterocycles. The number of hydrogen-bond donors (Lipinski definition) is 2. The van der Waals surface area contributed by atoms with Crippen LogP contribution in [0.1, 0.15) is 37.3 Å². The fraction of sp³-hybridized carbons (Fsp3) is 0.611. The van der Waals surface area contributed by atoms with Crippen molar-refractivity contribution in [3.8, 4) is 0 Å². The van der Waals surface area contributed by atoms with Crippen molar-refractivity contribution in [2.45, 2.75) is 39.7 Å². The van der Waals surface area contributed by atoms with E-state index in [1.165, 1.54) is 38.4 Å². The summed E-state index contributed by atoms with van der Waals surface area (Å²) in [4.78, 5) is 7.09. The zero-order chi connectivity index (χ0) is 16.5. The minimum atomic E-state index is -0.163. The molecule has 1 aromatic rings. The maximum atomic E-state index is 13.3. The fourth-order valence-corrected chi connectivity index (χ4v) is 2.83. The van der Waals surface area contributed by atoms with Crippen molar-refractivity contribution >= 4 is 5.96 Å². The highest BCUT2D eigenvalue weighted by Gasteiger charge is 2.09. The summed E-state index contributed by atoms with van der Waals surface area (Å²) < 4.78 is 13.3. The van der Waals surface area contributed by atoms with E-state index in [1.807, 2.05) is 6.07 Å². The normalized spacial score (nSPS) is 16.4. The highest BCUT2D eigenvalue weighted by atomic mass is 19.1. The molecule has 0 bridgehead atoms. The molecule has 0 amide bonds. The number of nitrogens with one attached hydrogen (secondary N) is 2. The van der Waals surface area contributed by atoms with Crippen LogP contribution in [0, 0.1) is 12.7 Å². The Morgan fingerprint density at radius 2 is 2.00 bits per heavy atom. The molecule has 0 saturated carbocycles. The Morgan fingerprint density at radius 1 is 1.22 bits per heavy atom. The van der Waals surface area contributed by atoms with Crippen LogP contribution in [0.25, 0.3) is 0 Å². The number of rotatable bonds is 6. The number of aliphatic imine (C=N–C) groups is 1. The number of nitrogens with zero attached hydrogens (tertiary/aromatic N) is 2. The lowest BCUT2D eigenvalue weighted by Crippen LogP contribution is -2.42. The molecule has 1 aliphatic rings. The van der Waals surface area contributed by atoms with Gasteiger partial charge in [-0.15, -0.1) is 0 Å². The molecule has 2 N–H and O–H groups in total. The van der Waals surface area contributed by atoms with E-state index in [4.69, 9.17) is 0 Å². The number of guanidine groups is 1. The van der Waals surface area contributed by atoms with E-state index >= 15 is 0 Å². The van der Waals surface area contributed by atoms with Crippen LogP contribution < -0.4 is 10.6 Å². The van der Waals surface area contributed by atoms with Crippen LogP contribution in [-0.2, 0) is 6.54 Å². The number of hydrogen-bond acceptors (Lipinski definition) is 2. The first-order valence-electron chi connectivity index (χ1n) is 8.68. The molecule has 1 heterocycles. The van der Waals surface area contributed by atoms with Gasteiger partial charge >= 0.3 is 0 Å². The summed E-state index contributed by atoms with van der Waals surface area (Å²) >= 11 is 0. The molecule has 1 fully saturated rings. The Morgan fingerprint density at radius 3 is 2.70 bits per heavy atom. The molecular weight excluding hydrogens is 291 g/mol. The van der Waals surface area contributed by atoms with Crippen LogP contribution in [0.2, 0.25) is 0 Å². The van der Waals surface area contributed by atoms with Crippen molar-refractivity contribution in [2.24, 2.45) is 4.99 Å². The quantitative estimate of drug-likeness (QED) is 0.625. The minimum Gasteiger partial charge on any atom is -0.357 e. The van der Waals surface area contributed by atoms with Gasteiger partial charge in [-0.3, -0.25) is 0 Å². The Labute approximate surface area is 139 Å². The van der Waals surface area contributed by atoms with Crippen LogP contribution in [0.3, 0.4) is 0 Å². The number of aryl methyl sites for hydroxylation is 1. The van der Waals surface area contributed by atoms with Gasteiger partial charge in [0.25, 0.3) is 0 Å². The zero-order valence-electron chi connectivity index (χ0n) is 14.4. The first-order valence-corrected chi connectivity index (χ1v) is 8.68. The van der Waals surface area contributed by atoms with Gasteiger partial charge < -0.3 is 15.5 Å². The molecule has 0 radical (unpaired) electrons. The van der Waals surface area contributed by atoms with E-state index in [-0.39, 0.29) is 5.82 Å². The van der Waals surface area contributed by atoms with E-state index in [0.29, 0.717) is 12.1 Å². The van der Waals surface area contributed by atoms with Crippen molar-refractivity contribution < 1.29 is 4.39 Å². The maximum absolute atomic E-state index is 13.3. The Balaban J connectivity index is 1.82. The molecule has 0 spiro atoms. The predicted octanol–water partition coefficient (Wildman–Crippen LogP) is 2.68. The second-order valence-electron chi connectivity index (χ2n) is 6.11. The molecular formula is C18H29FN4. The minimum absolute atomic E-state index is 0.163. The SMILES string of the molecule is CCNC(=NCc1ccc(F)c(C)c1)NCCN1CCCCC1. The van der Waals surface area contributed by atoms with Gasteiger partial charge in [0, 0.05) is 19.6 Å². The predicted molar refractivity (Wildman–Crippen MR) is 94.2 cm³/mol. The first-order chi connectivity index (χ1) is 11.2. The summed E-state index contributed by atoms with van der Waals surface area (Å²) in [7, 11) is 0. The number of likely N-dealkylation sites (tertiary alicyclic amines) is 1. The Hall–Kier alpha value is -1.62. The first kappa shape index (κ1) is 17.7. The average molecular weight is 320 g/mol. The summed E-state index contributed by atoms with van der Waals surface area (Å²) in [6.07, 6.45) is 4.00. The van der Waals surface area contributed by atoms with Gasteiger partial charge in [-0.05, 0) is 57.0 Å². The van der Waals surface area contributed by atoms with E-state index < -0.39 is 0 Å². The van der Waals surface area contributed by atoms with Gasteiger partial charge in [-0.2, -0.15) is 0 Å². The third kappa shape index (κ3) is 6.18. The van der Waals surface area contributed by atoms with Crippen LogP contribution in [0.15, 0.2) is 23.2 Å². The Bertz CT molecular complexity index is 510. The van der Waals surface area contributed by atoms with Crippen molar-refractivity contribution in [3.05, 3.63) is 35.1 Å². The van der Waals surface area contributed by atoms with Crippen molar-refractivity contribution in [1.82, 2.24) is 15.5 Å². The molecule has 23 heavy (non-hydrogen) atoms. The molecule has 0 aliphatic carbocycles. The number of piperidine rings is 1. The van der Waals surface area contributed by atoms with Gasteiger partial charge in [0.15, 0.2) is 5.96 Å². The highest BCUT2D eigenvalue weighted by Crippen LogP contribution is 2.10. The van der Waals surface area contributed by atoms with E-state index in [9.17, 15) is 4.39 Å². The molecule has 4 nitrogen and oxygen atoms in total. The summed E-state index contributed by atoms with van der Waals surface area (Å²) in [5, 5.41) is 6.65. The summed E-state index contributed by atoms with van der Waals surface area (Å²) in [6.45, 7) is 9.61. The van der Waals surface area contributed by atoms with Gasteiger partial charge in [-0.25, -0.2) is 9.38 Å². The van der Waals surface area contributed by atoms with E-state index in [1.54, 1.807) is 13.0 Å². The molecule has 5 heteroatoms. The van der Waals surface area contributed by atoms with Crippen LogP contribution in [-0.4, -0.2) is 43.6 Å². The largest absolute Gasteiger partial charge is 0.357 e. The monoisotopic (exact) mass is 320 g/mol. The lowest BCUT2D eigenvalue weighted by molar-refractivity contribution is 0.232. The van der Waals surface area contributed by atoms with Gasteiger partial charge in [-0.1, -0.05) is 18.6 Å². The average Bonchev–Trinajstić information content (AvgIpc) is 2.56. The summed E-state index contributed by atoms with van der Waals surface area (Å²) in [5.74, 6) is 0.663. The Kier molecular flexibility index (Phi) is 7.33. The van der Waals surface area contributed by atoms with Gasteiger partial charge in [0.05, 0.1) is 6.54 Å². The number of benzene rings is 1. The van der Waals surface area contributed by atoms with Crippen molar-refractivity contribution in [1.29, 1.82) is 0 Å². The smallest absolute Gasteiger partial charge is 0.191 e. The molecule has 2 rings (SSSR count). The van der Waals surface area contributed by atoms with E-state index in [0.717, 1.165) is 31.2 Å². The molecule has 0 aromatic heterocycles.